The van der Waals surface area contributed by atoms with Gasteiger partial charge >= 0.3 is 5.97 Å². The van der Waals surface area contributed by atoms with Crippen molar-refractivity contribution in [2.75, 3.05) is 12.4 Å². The number of rotatable bonds is 6. The van der Waals surface area contributed by atoms with Crippen LogP contribution in [0.5, 0.6) is 0 Å². The highest BCUT2D eigenvalue weighted by Gasteiger charge is 2.24. The molecule has 1 atom stereocenters. The van der Waals surface area contributed by atoms with E-state index >= 15 is 0 Å². The standard InChI is InChI=1S/C15H20N2O4/c1-4-13(15(20)21)17(3)14(19)9-11-5-7-12(8-6-11)16-10(2)18/h5-8,13H,4,9H2,1-3H3,(H,16,18)(H,20,21). The summed E-state index contributed by atoms with van der Waals surface area (Å²) in [4.78, 5) is 35.3. The number of carbonyl (C=O) groups is 3. The molecule has 1 aromatic rings. The van der Waals surface area contributed by atoms with E-state index in [2.05, 4.69) is 5.32 Å². The van der Waals surface area contributed by atoms with Crippen molar-refractivity contribution in [1.82, 2.24) is 4.90 Å². The molecule has 0 aliphatic carbocycles. The van der Waals surface area contributed by atoms with Crippen LogP contribution in [0, 0.1) is 0 Å². The van der Waals surface area contributed by atoms with Gasteiger partial charge in [-0.25, -0.2) is 4.79 Å². The molecule has 2 N–H and O–H groups in total. The lowest BCUT2D eigenvalue weighted by Crippen LogP contribution is -2.42. The van der Waals surface area contributed by atoms with Gasteiger partial charge in [0.15, 0.2) is 0 Å². The minimum atomic E-state index is -1.01. The van der Waals surface area contributed by atoms with E-state index in [1.165, 1.54) is 18.9 Å². The molecular formula is C15H20N2O4. The zero-order chi connectivity index (χ0) is 16.0. The molecule has 1 rings (SSSR count). The molecule has 0 heterocycles. The summed E-state index contributed by atoms with van der Waals surface area (Å²) in [6, 6.07) is 6.07. The Kier molecular flexibility index (Phi) is 5.90. The van der Waals surface area contributed by atoms with E-state index in [0.29, 0.717) is 12.1 Å². The fourth-order valence-electron chi connectivity index (χ4n) is 2.00. The fourth-order valence-corrected chi connectivity index (χ4v) is 2.00. The first-order chi connectivity index (χ1) is 9.85. The molecule has 1 aromatic carbocycles. The van der Waals surface area contributed by atoms with Crippen LogP contribution in [-0.4, -0.2) is 40.9 Å². The highest BCUT2D eigenvalue weighted by atomic mass is 16.4. The molecule has 21 heavy (non-hydrogen) atoms. The van der Waals surface area contributed by atoms with Crippen molar-refractivity contribution in [3.05, 3.63) is 29.8 Å². The number of benzene rings is 1. The van der Waals surface area contributed by atoms with Crippen LogP contribution in [0.2, 0.25) is 0 Å². The molecule has 0 bridgehead atoms. The lowest BCUT2D eigenvalue weighted by atomic mass is 10.1. The zero-order valence-corrected chi connectivity index (χ0v) is 12.4. The molecule has 0 aromatic heterocycles. The number of hydrogen-bond donors (Lipinski definition) is 2. The first-order valence-electron chi connectivity index (χ1n) is 6.70. The third-order valence-corrected chi connectivity index (χ3v) is 3.16. The van der Waals surface area contributed by atoms with E-state index in [0.717, 1.165) is 5.56 Å². The molecular weight excluding hydrogens is 272 g/mol. The van der Waals surface area contributed by atoms with E-state index < -0.39 is 12.0 Å². The van der Waals surface area contributed by atoms with Crippen molar-refractivity contribution in [2.45, 2.75) is 32.7 Å². The van der Waals surface area contributed by atoms with Crippen molar-refractivity contribution in [1.29, 1.82) is 0 Å². The number of nitrogens with one attached hydrogen (secondary N) is 1. The first kappa shape index (κ1) is 16.7. The van der Waals surface area contributed by atoms with Gasteiger partial charge in [-0.2, -0.15) is 0 Å². The average Bonchev–Trinajstić information content (AvgIpc) is 2.40. The Balaban J connectivity index is 2.70. The molecule has 6 nitrogen and oxygen atoms in total. The average molecular weight is 292 g/mol. The summed E-state index contributed by atoms with van der Waals surface area (Å²) in [6.45, 7) is 3.15. The third kappa shape index (κ3) is 4.91. The van der Waals surface area contributed by atoms with Crippen LogP contribution in [0.1, 0.15) is 25.8 Å². The summed E-state index contributed by atoms with van der Waals surface area (Å²) in [7, 11) is 1.50. The summed E-state index contributed by atoms with van der Waals surface area (Å²) in [5, 5.41) is 11.7. The van der Waals surface area contributed by atoms with E-state index in [1.54, 1.807) is 31.2 Å². The van der Waals surface area contributed by atoms with Crippen LogP contribution in [0.4, 0.5) is 5.69 Å². The van der Waals surface area contributed by atoms with E-state index in [4.69, 9.17) is 5.11 Å². The van der Waals surface area contributed by atoms with Crippen LogP contribution < -0.4 is 5.32 Å². The minimum Gasteiger partial charge on any atom is -0.480 e. The van der Waals surface area contributed by atoms with Gasteiger partial charge in [0.25, 0.3) is 0 Å². The molecule has 6 heteroatoms. The predicted octanol–water partition coefficient (Wildman–Crippen LogP) is 1.51. The first-order valence-corrected chi connectivity index (χ1v) is 6.70. The number of carbonyl (C=O) groups excluding carboxylic acids is 2. The highest BCUT2D eigenvalue weighted by Crippen LogP contribution is 2.12. The van der Waals surface area contributed by atoms with Gasteiger partial charge in [0.05, 0.1) is 6.42 Å². The van der Waals surface area contributed by atoms with Gasteiger partial charge in [-0.15, -0.1) is 0 Å². The Morgan fingerprint density at radius 2 is 1.81 bits per heavy atom. The summed E-state index contributed by atoms with van der Waals surface area (Å²) >= 11 is 0. The molecule has 1 unspecified atom stereocenters. The van der Waals surface area contributed by atoms with Crippen LogP contribution in [0.15, 0.2) is 24.3 Å². The molecule has 0 radical (unpaired) electrons. The van der Waals surface area contributed by atoms with Gasteiger partial charge in [-0.05, 0) is 24.1 Å². The Hall–Kier alpha value is -2.37. The van der Waals surface area contributed by atoms with Crippen molar-refractivity contribution in [2.24, 2.45) is 0 Å². The van der Waals surface area contributed by atoms with Gasteiger partial charge < -0.3 is 15.3 Å². The molecule has 114 valence electrons. The second-order valence-electron chi connectivity index (χ2n) is 4.82. The van der Waals surface area contributed by atoms with E-state index in [-0.39, 0.29) is 18.2 Å². The number of likely N-dealkylation sites (N-methyl/N-ethyl adjacent to an activating group) is 1. The zero-order valence-electron chi connectivity index (χ0n) is 12.4. The maximum absolute atomic E-state index is 12.1. The third-order valence-electron chi connectivity index (χ3n) is 3.16. The van der Waals surface area contributed by atoms with Gasteiger partial charge in [0.1, 0.15) is 6.04 Å². The smallest absolute Gasteiger partial charge is 0.326 e. The number of anilines is 1. The SMILES string of the molecule is CCC(C(=O)O)N(C)C(=O)Cc1ccc(NC(C)=O)cc1. The molecule has 0 aliphatic heterocycles. The maximum Gasteiger partial charge on any atom is 0.326 e. The van der Waals surface area contributed by atoms with Crippen LogP contribution in [0.25, 0.3) is 0 Å². The topological polar surface area (TPSA) is 86.7 Å². The highest BCUT2D eigenvalue weighted by molar-refractivity contribution is 5.89. The number of carboxylic acids is 1. The van der Waals surface area contributed by atoms with Crippen molar-refractivity contribution in [3.8, 4) is 0 Å². The summed E-state index contributed by atoms with van der Waals surface area (Å²) in [5.41, 5.74) is 1.42. The Morgan fingerprint density at radius 3 is 2.24 bits per heavy atom. The normalized spacial score (nSPS) is 11.6. The number of aliphatic carboxylic acids is 1. The largest absolute Gasteiger partial charge is 0.480 e. The Bertz CT molecular complexity index is 525. The van der Waals surface area contributed by atoms with Gasteiger partial charge in [-0.3, -0.25) is 9.59 Å². The minimum absolute atomic E-state index is 0.126. The number of hydrogen-bond acceptors (Lipinski definition) is 3. The fraction of sp³-hybridized carbons (Fsp3) is 0.400. The van der Waals surface area contributed by atoms with E-state index in [9.17, 15) is 14.4 Å². The number of nitrogens with zero attached hydrogens (tertiary/aromatic N) is 1. The van der Waals surface area contributed by atoms with Crippen molar-refractivity contribution >= 4 is 23.5 Å². The monoisotopic (exact) mass is 292 g/mol. The predicted molar refractivity (Wildman–Crippen MR) is 78.9 cm³/mol. The Morgan fingerprint density at radius 1 is 1.24 bits per heavy atom. The van der Waals surface area contributed by atoms with Crippen molar-refractivity contribution in [3.63, 3.8) is 0 Å². The van der Waals surface area contributed by atoms with Gasteiger partial charge in [0, 0.05) is 19.7 Å². The summed E-state index contributed by atoms with van der Waals surface area (Å²) < 4.78 is 0. The van der Waals surface area contributed by atoms with Crippen LogP contribution >= 0.6 is 0 Å². The molecule has 0 aliphatic rings. The second kappa shape index (κ2) is 7.42. The van der Waals surface area contributed by atoms with E-state index in [1.807, 2.05) is 0 Å². The Labute approximate surface area is 123 Å². The van der Waals surface area contributed by atoms with Crippen molar-refractivity contribution < 1.29 is 19.5 Å². The summed E-state index contributed by atoms with van der Waals surface area (Å²) in [6.07, 6.45) is 0.486. The van der Waals surface area contributed by atoms with Gasteiger partial charge in [-0.1, -0.05) is 19.1 Å². The molecule has 0 saturated carbocycles. The molecule has 0 fully saturated rings. The van der Waals surface area contributed by atoms with Crippen LogP contribution in [-0.2, 0) is 20.8 Å². The summed E-state index contributed by atoms with van der Waals surface area (Å²) in [5.74, 6) is -1.42. The lowest BCUT2D eigenvalue weighted by molar-refractivity contribution is -0.148. The quantitative estimate of drug-likeness (QED) is 0.832. The lowest BCUT2D eigenvalue weighted by Gasteiger charge is -2.23. The maximum atomic E-state index is 12.1. The molecule has 0 spiro atoms. The molecule has 2 amide bonds. The second-order valence-corrected chi connectivity index (χ2v) is 4.82. The van der Waals surface area contributed by atoms with Gasteiger partial charge in [0.2, 0.25) is 11.8 Å². The number of carboxylic acid groups (broad SMARTS) is 1. The number of amides is 2. The van der Waals surface area contributed by atoms with Crippen LogP contribution in [0.3, 0.4) is 0 Å². The molecule has 0 saturated heterocycles.